The summed E-state index contributed by atoms with van der Waals surface area (Å²) in [5.74, 6) is 3.32. The van der Waals surface area contributed by atoms with Crippen LogP contribution in [0, 0.1) is 17.7 Å². The average molecular weight is 198 g/mol. The van der Waals surface area contributed by atoms with Crippen LogP contribution in [0.5, 0.6) is 0 Å². The Morgan fingerprint density at radius 1 is 1.54 bits per heavy atom. The monoisotopic (exact) mass is 197 g/mol. The largest absolute Gasteiger partial charge is 0.359 e. The van der Waals surface area contributed by atoms with Crippen molar-refractivity contribution in [2.75, 3.05) is 0 Å². The number of hydrogen-bond acceptors (Lipinski definition) is 1. The minimum Gasteiger partial charge on any atom is -0.359 e. The molecule has 1 aromatic rings. The Balaban J connectivity index is 3.05. The van der Waals surface area contributed by atoms with Crippen molar-refractivity contribution < 1.29 is 9.18 Å². The Bertz CT molecular complexity index is 406. The number of rotatable bonds is 0. The standard InChI is InChI=1S/C9H5ClFNO/c10-8-5-7(11)3-1-6(8)2-4-9(12)13/h1,3,5H,(H2,12,13). The molecule has 0 unspecified atom stereocenters. The maximum Gasteiger partial charge on any atom is 0.293 e. The fraction of sp³-hybridized carbons (Fsp3) is 0. The van der Waals surface area contributed by atoms with E-state index in [1.807, 2.05) is 0 Å². The van der Waals surface area contributed by atoms with Crippen LogP contribution in [0.15, 0.2) is 18.2 Å². The minimum absolute atomic E-state index is 0.161. The van der Waals surface area contributed by atoms with Gasteiger partial charge in [0.25, 0.3) is 5.91 Å². The molecule has 0 aromatic heterocycles. The van der Waals surface area contributed by atoms with Gasteiger partial charge in [-0.1, -0.05) is 17.5 Å². The molecule has 1 rings (SSSR count). The highest BCUT2D eigenvalue weighted by Gasteiger charge is 1.98. The molecule has 4 heteroatoms. The van der Waals surface area contributed by atoms with Crippen LogP contribution in [0.3, 0.4) is 0 Å². The van der Waals surface area contributed by atoms with Crippen LogP contribution in [-0.4, -0.2) is 5.91 Å². The summed E-state index contributed by atoms with van der Waals surface area (Å²) in [6.45, 7) is 0. The van der Waals surface area contributed by atoms with Crippen molar-refractivity contribution in [1.82, 2.24) is 0 Å². The van der Waals surface area contributed by atoms with Crippen LogP contribution in [-0.2, 0) is 4.79 Å². The molecular formula is C9H5ClFNO. The van der Waals surface area contributed by atoms with E-state index in [0.29, 0.717) is 5.56 Å². The van der Waals surface area contributed by atoms with Crippen molar-refractivity contribution >= 4 is 17.5 Å². The lowest BCUT2D eigenvalue weighted by Crippen LogP contribution is -2.06. The van der Waals surface area contributed by atoms with Gasteiger partial charge in [0.05, 0.1) is 5.02 Å². The van der Waals surface area contributed by atoms with Gasteiger partial charge < -0.3 is 5.73 Å². The van der Waals surface area contributed by atoms with Gasteiger partial charge in [-0.2, -0.15) is 0 Å². The molecule has 0 atom stereocenters. The first kappa shape index (κ1) is 9.56. The van der Waals surface area contributed by atoms with E-state index in [1.54, 1.807) is 0 Å². The number of hydrogen-bond donors (Lipinski definition) is 1. The quantitative estimate of drug-likeness (QED) is 0.627. The Kier molecular flexibility index (Phi) is 2.88. The van der Waals surface area contributed by atoms with Gasteiger partial charge in [-0.15, -0.1) is 0 Å². The SMILES string of the molecule is NC(=O)C#Cc1ccc(F)cc1Cl. The molecule has 2 N–H and O–H groups in total. The van der Waals surface area contributed by atoms with Crippen LogP contribution in [0.4, 0.5) is 4.39 Å². The van der Waals surface area contributed by atoms with E-state index in [9.17, 15) is 9.18 Å². The number of carbonyl (C=O) groups is 1. The molecular weight excluding hydrogens is 193 g/mol. The normalized spacial score (nSPS) is 8.77. The van der Waals surface area contributed by atoms with Crippen molar-refractivity contribution in [3.05, 3.63) is 34.6 Å². The Morgan fingerprint density at radius 3 is 2.77 bits per heavy atom. The van der Waals surface area contributed by atoms with Gasteiger partial charge in [0.15, 0.2) is 0 Å². The Morgan fingerprint density at radius 2 is 2.23 bits per heavy atom. The van der Waals surface area contributed by atoms with Crippen molar-refractivity contribution in [3.63, 3.8) is 0 Å². The summed E-state index contributed by atoms with van der Waals surface area (Å²) in [5.41, 5.74) is 5.17. The van der Waals surface area contributed by atoms with Crippen molar-refractivity contribution in [2.45, 2.75) is 0 Å². The molecule has 0 aliphatic heterocycles. The number of nitrogens with two attached hydrogens (primary N) is 1. The molecule has 0 saturated heterocycles. The molecule has 13 heavy (non-hydrogen) atoms. The van der Waals surface area contributed by atoms with E-state index in [-0.39, 0.29) is 5.02 Å². The minimum atomic E-state index is -0.750. The highest BCUT2D eigenvalue weighted by atomic mass is 35.5. The number of carbonyl (C=O) groups excluding carboxylic acids is 1. The average Bonchev–Trinajstić information content (AvgIpc) is 2.02. The molecule has 0 heterocycles. The highest BCUT2D eigenvalue weighted by Crippen LogP contribution is 2.15. The van der Waals surface area contributed by atoms with Gasteiger partial charge >= 0.3 is 0 Å². The van der Waals surface area contributed by atoms with Crippen LogP contribution in [0.1, 0.15) is 5.56 Å². The summed E-state index contributed by atoms with van der Waals surface area (Å²) in [6.07, 6.45) is 0. The lowest BCUT2D eigenvalue weighted by Gasteiger charge is -1.93. The van der Waals surface area contributed by atoms with Gasteiger partial charge in [-0.25, -0.2) is 4.39 Å². The van der Waals surface area contributed by atoms with E-state index in [1.165, 1.54) is 12.1 Å². The van der Waals surface area contributed by atoms with E-state index in [2.05, 4.69) is 11.8 Å². The van der Waals surface area contributed by atoms with Gasteiger partial charge in [0.2, 0.25) is 0 Å². The summed E-state index contributed by atoms with van der Waals surface area (Å²) < 4.78 is 12.5. The van der Waals surface area contributed by atoms with Gasteiger partial charge in [0.1, 0.15) is 5.82 Å². The second-order valence-electron chi connectivity index (χ2n) is 2.24. The summed E-state index contributed by atoms with van der Waals surface area (Å²) in [6, 6.07) is 3.71. The molecule has 0 aliphatic carbocycles. The van der Waals surface area contributed by atoms with Gasteiger partial charge in [0, 0.05) is 11.5 Å². The van der Waals surface area contributed by atoms with Gasteiger partial charge in [-0.05, 0) is 18.2 Å². The van der Waals surface area contributed by atoms with E-state index in [4.69, 9.17) is 17.3 Å². The topological polar surface area (TPSA) is 43.1 Å². The third-order valence-corrected chi connectivity index (χ3v) is 1.56. The summed E-state index contributed by atoms with van der Waals surface area (Å²) in [7, 11) is 0. The van der Waals surface area contributed by atoms with E-state index in [0.717, 1.165) is 6.07 Å². The number of halogens is 2. The number of amides is 1. The molecule has 1 amide bonds. The second-order valence-corrected chi connectivity index (χ2v) is 2.65. The number of benzene rings is 1. The lowest BCUT2D eigenvalue weighted by atomic mass is 10.2. The second kappa shape index (κ2) is 3.92. The molecule has 0 fully saturated rings. The van der Waals surface area contributed by atoms with Crippen LogP contribution in [0.25, 0.3) is 0 Å². The highest BCUT2D eigenvalue weighted by molar-refractivity contribution is 6.31. The fourth-order valence-corrected chi connectivity index (χ4v) is 0.934. The third kappa shape index (κ3) is 2.77. The first-order chi connectivity index (χ1) is 6.09. The Hall–Kier alpha value is -1.53. The maximum atomic E-state index is 12.5. The van der Waals surface area contributed by atoms with Crippen LogP contribution in [0.2, 0.25) is 5.02 Å². The molecule has 0 spiro atoms. The zero-order chi connectivity index (χ0) is 9.84. The van der Waals surface area contributed by atoms with E-state index < -0.39 is 11.7 Å². The fourth-order valence-electron chi connectivity index (χ4n) is 0.720. The first-order valence-electron chi connectivity index (χ1n) is 3.36. The molecule has 0 aliphatic rings. The zero-order valence-corrected chi connectivity index (χ0v) is 7.23. The van der Waals surface area contributed by atoms with E-state index >= 15 is 0 Å². The summed E-state index contributed by atoms with van der Waals surface area (Å²) >= 11 is 5.62. The lowest BCUT2D eigenvalue weighted by molar-refractivity contribution is -0.112. The van der Waals surface area contributed by atoms with Crippen molar-refractivity contribution in [1.29, 1.82) is 0 Å². The first-order valence-corrected chi connectivity index (χ1v) is 3.74. The summed E-state index contributed by atoms with van der Waals surface area (Å²) in [5, 5.41) is 0.161. The predicted molar refractivity (Wildman–Crippen MR) is 47.5 cm³/mol. The Labute approximate surface area is 79.5 Å². The molecule has 0 saturated carbocycles. The molecule has 2 nitrogen and oxygen atoms in total. The maximum absolute atomic E-state index is 12.5. The van der Waals surface area contributed by atoms with Gasteiger partial charge in [-0.3, -0.25) is 4.79 Å². The van der Waals surface area contributed by atoms with Crippen LogP contribution < -0.4 is 5.73 Å². The molecule has 0 bridgehead atoms. The van der Waals surface area contributed by atoms with Crippen molar-refractivity contribution in [2.24, 2.45) is 5.73 Å². The molecule has 0 radical (unpaired) electrons. The molecule has 1 aromatic carbocycles. The van der Waals surface area contributed by atoms with Crippen molar-refractivity contribution in [3.8, 4) is 11.8 Å². The smallest absolute Gasteiger partial charge is 0.293 e. The predicted octanol–water partition coefficient (Wildman–Crippen LogP) is 1.32. The molecule has 66 valence electrons. The number of primary amides is 1. The van der Waals surface area contributed by atoms with Crippen LogP contribution >= 0.6 is 11.6 Å². The summed E-state index contributed by atoms with van der Waals surface area (Å²) in [4.78, 5) is 10.3. The zero-order valence-electron chi connectivity index (χ0n) is 6.47. The third-order valence-electron chi connectivity index (χ3n) is 1.25.